The van der Waals surface area contributed by atoms with Gasteiger partial charge in [-0.3, -0.25) is 4.79 Å². The summed E-state index contributed by atoms with van der Waals surface area (Å²) in [7, 11) is 0. The SMILES string of the molecule is CCCN1C(=O)C[C@H](N)[C@H]1c1cc(C)cc(C)c1. The Morgan fingerprint density at radius 3 is 2.44 bits per heavy atom. The van der Waals surface area contributed by atoms with E-state index in [0.717, 1.165) is 13.0 Å². The second kappa shape index (κ2) is 5.11. The molecule has 0 unspecified atom stereocenters. The van der Waals surface area contributed by atoms with Gasteiger partial charge < -0.3 is 10.6 Å². The summed E-state index contributed by atoms with van der Waals surface area (Å²) < 4.78 is 0. The summed E-state index contributed by atoms with van der Waals surface area (Å²) in [5.41, 5.74) is 9.80. The van der Waals surface area contributed by atoms with Gasteiger partial charge in [0, 0.05) is 19.0 Å². The van der Waals surface area contributed by atoms with Crippen LogP contribution in [-0.2, 0) is 4.79 Å². The van der Waals surface area contributed by atoms with Crippen molar-refractivity contribution >= 4 is 5.91 Å². The molecule has 0 aliphatic carbocycles. The van der Waals surface area contributed by atoms with Crippen molar-refractivity contribution in [3.05, 3.63) is 34.9 Å². The molecule has 0 radical (unpaired) electrons. The fourth-order valence-electron chi connectivity index (χ4n) is 2.93. The molecule has 98 valence electrons. The van der Waals surface area contributed by atoms with Crippen LogP contribution < -0.4 is 5.73 Å². The van der Waals surface area contributed by atoms with Crippen molar-refractivity contribution in [3.63, 3.8) is 0 Å². The maximum absolute atomic E-state index is 12.0. The molecule has 1 heterocycles. The van der Waals surface area contributed by atoms with Gasteiger partial charge in [-0.2, -0.15) is 0 Å². The van der Waals surface area contributed by atoms with E-state index in [9.17, 15) is 4.79 Å². The van der Waals surface area contributed by atoms with E-state index in [4.69, 9.17) is 5.73 Å². The Hall–Kier alpha value is -1.35. The molecular formula is C15H22N2O. The van der Waals surface area contributed by atoms with Crippen LogP contribution in [-0.4, -0.2) is 23.4 Å². The molecule has 0 saturated carbocycles. The predicted octanol–water partition coefficient (Wildman–Crippen LogP) is 2.31. The van der Waals surface area contributed by atoms with Crippen molar-refractivity contribution in [1.29, 1.82) is 0 Å². The number of nitrogens with zero attached hydrogens (tertiary/aromatic N) is 1. The van der Waals surface area contributed by atoms with Crippen molar-refractivity contribution in [3.8, 4) is 0 Å². The van der Waals surface area contributed by atoms with Gasteiger partial charge in [-0.25, -0.2) is 0 Å². The van der Waals surface area contributed by atoms with Crippen LogP contribution in [0.5, 0.6) is 0 Å². The Kier molecular flexibility index (Phi) is 3.71. The minimum absolute atomic E-state index is 0.0519. The summed E-state index contributed by atoms with van der Waals surface area (Å²) in [5, 5.41) is 0. The first kappa shape index (κ1) is 13.1. The highest BCUT2D eigenvalue weighted by atomic mass is 16.2. The van der Waals surface area contributed by atoms with Crippen LogP contribution in [0.4, 0.5) is 0 Å². The monoisotopic (exact) mass is 246 g/mol. The lowest BCUT2D eigenvalue weighted by atomic mass is 9.97. The van der Waals surface area contributed by atoms with E-state index in [1.165, 1.54) is 16.7 Å². The van der Waals surface area contributed by atoms with Crippen molar-refractivity contribution in [2.24, 2.45) is 5.73 Å². The van der Waals surface area contributed by atoms with E-state index >= 15 is 0 Å². The van der Waals surface area contributed by atoms with Gasteiger partial charge in [-0.15, -0.1) is 0 Å². The lowest BCUT2D eigenvalue weighted by molar-refractivity contribution is -0.129. The molecule has 0 aromatic heterocycles. The second-order valence-electron chi connectivity index (χ2n) is 5.32. The number of hydrogen-bond donors (Lipinski definition) is 1. The van der Waals surface area contributed by atoms with E-state index < -0.39 is 0 Å². The van der Waals surface area contributed by atoms with Gasteiger partial charge in [-0.1, -0.05) is 36.2 Å². The third-order valence-electron chi connectivity index (χ3n) is 3.52. The highest BCUT2D eigenvalue weighted by Crippen LogP contribution is 2.33. The van der Waals surface area contributed by atoms with Crippen LogP contribution >= 0.6 is 0 Å². The fraction of sp³-hybridized carbons (Fsp3) is 0.533. The maximum atomic E-state index is 12.0. The van der Waals surface area contributed by atoms with Crippen LogP contribution in [0.25, 0.3) is 0 Å². The third kappa shape index (κ3) is 2.41. The first-order chi connectivity index (χ1) is 8.52. The Balaban J connectivity index is 2.36. The van der Waals surface area contributed by atoms with Crippen molar-refractivity contribution in [2.75, 3.05) is 6.54 Å². The lowest BCUT2D eigenvalue weighted by Crippen LogP contribution is -2.33. The first-order valence-electron chi connectivity index (χ1n) is 6.66. The fourth-order valence-corrected chi connectivity index (χ4v) is 2.93. The van der Waals surface area contributed by atoms with Crippen molar-refractivity contribution in [2.45, 2.75) is 45.7 Å². The lowest BCUT2D eigenvalue weighted by Gasteiger charge is -2.27. The number of carbonyl (C=O) groups excluding carboxylic acids is 1. The summed E-state index contributed by atoms with van der Waals surface area (Å²) in [6.45, 7) is 7.06. The van der Waals surface area contributed by atoms with Crippen LogP contribution in [0.2, 0.25) is 0 Å². The first-order valence-corrected chi connectivity index (χ1v) is 6.66. The highest BCUT2D eigenvalue weighted by Gasteiger charge is 2.37. The highest BCUT2D eigenvalue weighted by molar-refractivity contribution is 5.80. The van der Waals surface area contributed by atoms with E-state index in [-0.39, 0.29) is 18.0 Å². The van der Waals surface area contributed by atoms with Crippen LogP contribution in [0.15, 0.2) is 18.2 Å². The van der Waals surface area contributed by atoms with Crippen molar-refractivity contribution < 1.29 is 4.79 Å². The molecule has 2 atom stereocenters. The predicted molar refractivity (Wildman–Crippen MR) is 73.3 cm³/mol. The average Bonchev–Trinajstić information content (AvgIpc) is 2.53. The van der Waals surface area contributed by atoms with Crippen LogP contribution in [0, 0.1) is 13.8 Å². The molecule has 2 N–H and O–H groups in total. The number of amides is 1. The average molecular weight is 246 g/mol. The summed E-state index contributed by atoms with van der Waals surface area (Å²) >= 11 is 0. The molecule has 1 aromatic rings. The number of carbonyl (C=O) groups is 1. The molecule has 2 rings (SSSR count). The van der Waals surface area contributed by atoms with E-state index in [1.807, 2.05) is 4.90 Å². The van der Waals surface area contributed by atoms with Gasteiger partial charge in [0.1, 0.15) is 0 Å². The Morgan fingerprint density at radius 2 is 1.89 bits per heavy atom. The molecule has 0 spiro atoms. The summed E-state index contributed by atoms with van der Waals surface area (Å²) in [6, 6.07) is 6.43. The molecule has 1 aliphatic rings. The second-order valence-corrected chi connectivity index (χ2v) is 5.32. The molecule has 0 bridgehead atoms. The van der Waals surface area contributed by atoms with E-state index in [1.54, 1.807) is 0 Å². The maximum Gasteiger partial charge on any atom is 0.224 e. The standard InChI is InChI=1S/C15H22N2O/c1-4-5-17-14(18)9-13(16)15(17)12-7-10(2)6-11(3)8-12/h6-8,13,15H,4-5,9,16H2,1-3H3/t13-,15+/m0/s1. The zero-order valence-corrected chi connectivity index (χ0v) is 11.4. The molecule has 1 saturated heterocycles. The van der Waals surface area contributed by atoms with Gasteiger partial charge in [0.2, 0.25) is 5.91 Å². The molecule has 3 heteroatoms. The van der Waals surface area contributed by atoms with Crippen LogP contribution in [0.1, 0.15) is 42.5 Å². The molecular weight excluding hydrogens is 224 g/mol. The van der Waals surface area contributed by atoms with Gasteiger partial charge >= 0.3 is 0 Å². The van der Waals surface area contributed by atoms with E-state index in [2.05, 4.69) is 39.0 Å². The number of nitrogens with two attached hydrogens (primary N) is 1. The quantitative estimate of drug-likeness (QED) is 0.889. The molecule has 1 aliphatic heterocycles. The summed E-state index contributed by atoms with van der Waals surface area (Å²) in [5.74, 6) is 0.188. The Labute approximate surface area is 109 Å². The van der Waals surface area contributed by atoms with E-state index in [0.29, 0.717) is 6.42 Å². The van der Waals surface area contributed by atoms with Crippen molar-refractivity contribution in [1.82, 2.24) is 4.90 Å². The normalized spacial score (nSPS) is 23.8. The Morgan fingerprint density at radius 1 is 1.28 bits per heavy atom. The number of benzene rings is 1. The molecule has 1 aromatic carbocycles. The summed E-state index contributed by atoms with van der Waals surface area (Å²) in [4.78, 5) is 13.9. The molecule has 1 amide bonds. The molecule has 1 fully saturated rings. The van der Waals surface area contributed by atoms with Crippen LogP contribution in [0.3, 0.4) is 0 Å². The molecule has 3 nitrogen and oxygen atoms in total. The topological polar surface area (TPSA) is 46.3 Å². The summed E-state index contributed by atoms with van der Waals surface area (Å²) in [6.07, 6.45) is 1.44. The number of aryl methyl sites for hydroxylation is 2. The third-order valence-corrected chi connectivity index (χ3v) is 3.52. The number of rotatable bonds is 3. The zero-order valence-electron chi connectivity index (χ0n) is 11.4. The van der Waals surface area contributed by atoms with Gasteiger partial charge in [0.05, 0.1) is 6.04 Å². The van der Waals surface area contributed by atoms with Gasteiger partial charge in [-0.05, 0) is 25.8 Å². The minimum atomic E-state index is -0.0785. The molecule has 18 heavy (non-hydrogen) atoms. The van der Waals surface area contributed by atoms with Gasteiger partial charge in [0.25, 0.3) is 0 Å². The smallest absolute Gasteiger partial charge is 0.224 e. The largest absolute Gasteiger partial charge is 0.334 e. The number of hydrogen-bond acceptors (Lipinski definition) is 2. The Bertz CT molecular complexity index is 436. The zero-order chi connectivity index (χ0) is 13.3. The number of likely N-dealkylation sites (tertiary alicyclic amines) is 1. The van der Waals surface area contributed by atoms with Gasteiger partial charge in [0.15, 0.2) is 0 Å². The minimum Gasteiger partial charge on any atom is -0.334 e.